The largest absolute Gasteiger partial charge is 0.314 e. The van der Waals surface area contributed by atoms with E-state index in [1.807, 2.05) is 0 Å². The Morgan fingerprint density at radius 2 is 2.15 bits per heavy atom. The van der Waals surface area contributed by atoms with E-state index in [9.17, 15) is 8.60 Å². The van der Waals surface area contributed by atoms with E-state index in [0.717, 1.165) is 32.2 Å². The molecule has 0 aliphatic heterocycles. The lowest BCUT2D eigenvalue weighted by molar-refractivity contribution is 0.464. The van der Waals surface area contributed by atoms with Gasteiger partial charge in [0.05, 0.1) is 15.8 Å². The van der Waals surface area contributed by atoms with Crippen molar-refractivity contribution in [3.8, 4) is 0 Å². The smallest absolute Gasteiger partial charge is 0.141 e. The molecule has 0 radical (unpaired) electrons. The van der Waals surface area contributed by atoms with E-state index >= 15 is 0 Å². The van der Waals surface area contributed by atoms with E-state index in [1.54, 1.807) is 6.07 Å². The van der Waals surface area contributed by atoms with Gasteiger partial charge < -0.3 is 5.32 Å². The average Bonchev–Trinajstić information content (AvgIpc) is 2.45. The van der Waals surface area contributed by atoms with Gasteiger partial charge in [-0.2, -0.15) is 0 Å². The molecule has 0 spiro atoms. The fraction of sp³-hybridized carbons (Fsp3) is 0.600. The third kappa shape index (κ3) is 5.90. The van der Waals surface area contributed by atoms with Gasteiger partial charge in [-0.15, -0.1) is 0 Å². The SMILES string of the molecule is CCCNC(CC)CCCS(=O)c1ccc(F)c(Cl)c1. The summed E-state index contributed by atoms with van der Waals surface area (Å²) >= 11 is 5.70. The number of rotatable bonds is 9. The molecule has 0 fully saturated rings. The highest BCUT2D eigenvalue weighted by molar-refractivity contribution is 7.85. The summed E-state index contributed by atoms with van der Waals surface area (Å²) in [4.78, 5) is 0.603. The second-order valence-corrected chi connectivity index (χ2v) is 6.80. The molecule has 5 heteroatoms. The van der Waals surface area contributed by atoms with Crippen molar-refractivity contribution in [2.45, 2.75) is 50.5 Å². The minimum atomic E-state index is -1.10. The van der Waals surface area contributed by atoms with Crippen LogP contribution in [-0.4, -0.2) is 22.5 Å². The molecular weight excluding hydrogens is 297 g/mol. The highest BCUT2D eigenvalue weighted by atomic mass is 35.5. The number of benzene rings is 1. The molecule has 1 aromatic rings. The average molecular weight is 320 g/mol. The zero-order chi connectivity index (χ0) is 15.0. The van der Waals surface area contributed by atoms with Crippen LogP contribution in [0.3, 0.4) is 0 Å². The molecule has 0 aliphatic rings. The van der Waals surface area contributed by atoms with E-state index < -0.39 is 16.6 Å². The highest BCUT2D eigenvalue weighted by Crippen LogP contribution is 2.19. The van der Waals surface area contributed by atoms with Crippen LogP contribution in [0, 0.1) is 5.82 Å². The van der Waals surface area contributed by atoms with Gasteiger partial charge >= 0.3 is 0 Å². The van der Waals surface area contributed by atoms with Gasteiger partial charge in [-0.3, -0.25) is 4.21 Å². The molecule has 114 valence electrons. The molecule has 0 aromatic heterocycles. The Balaban J connectivity index is 2.40. The normalized spacial score (nSPS) is 14.2. The van der Waals surface area contributed by atoms with Crippen molar-refractivity contribution in [1.29, 1.82) is 0 Å². The molecule has 2 nitrogen and oxygen atoms in total. The lowest BCUT2D eigenvalue weighted by Gasteiger charge is -2.16. The summed E-state index contributed by atoms with van der Waals surface area (Å²) in [6.07, 6.45) is 4.10. The summed E-state index contributed by atoms with van der Waals surface area (Å²) in [6.45, 7) is 5.33. The Kier molecular flexibility index (Phi) is 8.34. The molecular formula is C15H23ClFNOS. The molecule has 0 saturated heterocycles. The quantitative estimate of drug-likeness (QED) is 0.741. The molecule has 0 heterocycles. The zero-order valence-electron chi connectivity index (χ0n) is 12.1. The van der Waals surface area contributed by atoms with Crippen molar-refractivity contribution in [2.75, 3.05) is 12.3 Å². The van der Waals surface area contributed by atoms with Crippen molar-refractivity contribution < 1.29 is 8.60 Å². The first-order chi connectivity index (χ1) is 9.58. The molecule has 20 heavy (non-hydrogen) atoms. The molecule has 2 atom stereocenters. The van der Waals surface area contributed by atoms with E-state index in [1.165, 1.54) is 12.1 Å². The van der Waals surface area contributed by atoms with Gasteiger partial charge in [0.25, 0.3) is 0 Å². The van der Waals surface area contributed by atoms with Gasteiger partial charge in [0, 0.05) is 16.7 Å². The lowest BCUT2D eigenvalue weighted by Crippen LogP contribution is -2.29. The van der Waals surface area contributed by atoms with Crippen LogP contribution >= 0.6 is 11.6 Å². The summed E-state index contributed by atoms with van der Waals surface area (Å²) in [7, 11) is -1.10. The maximum atomic E-state index is 13.0. The van der Waals surface area contributed by atoms with E-state index in [4.69, 9.17) is 11.6 Å². The van der Waals surface area contributed by atoms with E-state index in [2.05, 4.69) is 19.2 Å². The van der Waals surface area contributed by atoms with Crippen molar-refractivity contribution >= 4 is 22.4 Å². The second kappa shape index (κ2) is 9.48. The third-order valence-corrected chi connectivity index (χ3v) is 4.94. The predicted molar refractivity (Wildman–Crippen MR) is 84.3 cm³/mol. The van der Waals surface area contributed by atoms with Gasteiger partial charge in [0.1, 0.15) is 5.82 Å². The third-order valence-electron chi connectivity index (χ3n) is 3.21. The monoisotopic (exact) mass is 319 g/mol. The maximum Gasteiger partial charge on any atom is 0.141 e. The minimum absolute atomic E-state index is 0.0342. The Hall–Kier alpha value is -0.450. The summed E-state index contributed by atoms with van der Waals surface area (Å²) < 4.78 is 25.1. The first-order valence-corrected chi connectivity index (χ1v) is 8.85. The highest BCUT2D eigenvalue weighted by Gasteiger charge is 2.09. The van der Waals surface area contributed by atoms with Crippen LogP contribution in [0.4, 0.5) is 4.39 Å². The Labute approximate surface area is 128 Å². The summed E-state index contributed by atoms with van der Waals surface area (Å²) in [5.41, 5.74) is 0. The fourth-order valence-electron chi connectivity index (χ4n) is 2.00. The number of hydrogen-bond donors (Lipinski definition) is 1. The lowest BCUT2D eigenvalue weighted by atomic mass is 10.1. The molecule has 0 amide bonds. The fourth-order valence-corrected chi connectivity index (χ4v) is 3.38. The van der Waals surface area contributed by atoms with Crippen LogP contribution in [0.15, 0.2) is 23.1 Å². The van der Waals surface area contributed by atoms with Crippen LogP contribution in [-0.2, 0) is 10.8 Å². The van der Waals surface area contributed by atoms with Crippen LogP contribution in [0.25, 0.3) is 0 Å². The second-order valence-electron chi connectivity index (χ2n) is 4.83. The van der Waals surface area contributed by atoms with E-state index in [-0.39, 0.29) is 5.02 Å². The van der Waals surface area contributed by atoms with Crippen molar-refractivity contribution in [2.24, 2.45) is 0 Å². The van der Waals surface area contributed by atoms with Gasteiger partial charge in [-0.25, -0.2) is 4.39 Å². The maximum absolute atomic E-state index is 13.0. The summed E-state index contributed by atoms with van der Waals surface area (Å²) in [5.74, 6) is 0.119. The van der Waals surface area contributed by atoms with Gasteiger partial charge in [0.2, 0.25) is 0 Å². The Morgan fingerprint density at radius 3 is 2.75 bits per heavy atom. The van der Waals surface area contributed by atoms with Crippen molar-refractivity contribution in [3.05, 3.63) is 29.0 Å². The van der Waals surface area contributed by atoms with Crippen molar-refractivity contribution in [3.63, 3.8) is 0 Å². The first kappa shape index (κ1) is 17.6. The van der Waals surface area contributed by atoms with Gasteiger partial charge in [-0.1, -0.05) is 25.4 Å². The van der Waals surface area contributed by atoms with E-state index in [0.29, 0.717) is 16.7 Å². The predicted octanol–water partition coefficient (Wildman–Crippen LogP) is 4.15. The molecule has 1 aromatic carbocycles. The number of nitrogens with one attached hydrogen (secondary N) is 1. The molecule has 1 rings (SSSR count). The van der Waals surface area contributed by atoms with Crippen LogP contribution in [0.1, 0.15) is 39.5 Å². The van der Waals surface area contributed by atoms with Crippen LogP contribution in [0.5, 0.6) is 0 Å². The Bertz CT molecular complexity index is 442. The first-order valence-electron chi connectivity index (χ1n) is 7.15. The minimum Gasteiger partial charge on any atom is -0.314 e. The van der Waals surface area contributed by atoms with Crippen LogP contribution in [0.2, 0.25) is 5.02 Å². The summed E-state index contributed by atoms with van der Waals surface area (Å²) in [6, 6.07) is 4.76. The number of hydrogen-bond acceptors (Lipinski definition) is 2. The zero-order valence-corrected chi connectivity index (χ0v) is 13.7. The summed E-state index contributed by atoms with van der Waals surface area (Å²) in [5, 5.41) is 3.51. The number of halogens is 2. The van der Waals surface area contributed by atoms with Crippen molar-refractivity contribution in [1.82, 2.24) is 5.32 Å². The van der Waals surface area contributed by atoms with Gasteiger partial charge in [-0.05, 0) is 50.4 Å². The molecule has 0 aliphatic carbocycles. The Morgan fingerprint density at radius 1 is 1.40 bits per heavy atom. The molecule has 2 unspecified atom stereocenters. The topological polar surface area (TPSA) is 29.1 Å². The molecule has 0 bridgehead atoms. The standard InChI is InChI=1S/C15H23ClFNOS/c1-3-9-18-12(4-2)6-5-10-20(19)13-7-8-15(17)14(16)11-13/h7-8,11-12,18H,3-6,9-10H2,1-2H3. The van der Waals surface area contributed by atoms with Gasteiger partial charge in [0.15, 0.2) is 0 Å². The molecule has 0 saturated carbocycles. The van der Waals surface area contributed by atoms with Crippen LogP contribution < -0.4 is 5.32 Å². The molecule has 1 N–H and O–H groups in total.